The smallest absolute Gasteiger partial charge is 0.253 e. The molecule has 0 aromatic heterocycles. The van der Waals surface area contributed by atoms with Crippen molar-refractivity contribution in [3.63, 3.8) is 0 Å². The van der Waals surface area contributed by atoms with E-state index in [9.17, 15) is 4.79 Å². The van der Waals surface area contributed by atoms with Crippen molar-refractivity contribution < 1.29 is 4.79 Å². The molecule has 1 saturated heterocycles. The van der Waals surface area contributed by atoms with Crippen molar-refractivity contribution in [2.24, 2.45) is 5.92 Å². The molecule has 1 heterocycles. The highest BCUT2D eigenvalue weighted by Gasteiger charge is 2.22. The van der Waals surface area contributed by atoms with Gasteiger partial charge in [0, 0.05) is 18.7 Å². The largest absolute Gasteiger partial charge is 0.338 e. The van der Waals surface area contributed by atoms with Crippen molar-refractivity contribution >= 4 is 29.1 Å². The van der Waals surface area contributed by atoms with Gasteiger partial charge in [0.2, 0.25) is 0 Å². The summed E-state index contributed by atoms with van der Waals surface area (Å²) in [7, 11) is 0. The third kappa shape index (κ3) is 2.93. The summed E-state index contributed by atoms with van der Waals surface area (Å²) in [5.74, 6) is 0.630. The van der Waals surface area contributed by atoms with Crippen LogP contribution in [-0.4, -0.2) is 23.9 Å². The van der Waals surface area contributed by atoms with Crippen LogP contribution in [0.2, 0.25) is 10.0 Å². The molecule has 1 aromatic rings. The number of benzene rings is 1. The van der Waals surface area contributed by atoms with Gasteiger partial charge in [0.15, 0.2) is 0 Å². The fraction of sp³-hybridized carbons (Fsp3) is 0.462. The number of likely N-dealkylation sites (tertiary alicyclic amines) is 1. The Balaban J connectivity index is 2.15. The molecule has 92 valence electrons. The molecule has 0 aliphatic carbocycles. The van der Waals surface area contributed by atoms with Gasteiger partial charge in [0.25, 0.3) is 5.91 Å². The first-order valence-electron chi connectivity index (χ1n) is 5.82. The van der Waals surface area contributed by atoms with Gasteiger partial charge in [-0.15, -0.1) is 0 Å². The topological polar surface area (TPSA) is 20.3 Å². The van der Waals surface area contributed by atoms with Gasteiger partial charge >= 0.3 is 0 Å². The molecule has 1 fully saturated rings. The van der Waals surface area contributed by atoms with E-state index in [1.54, 1.807) is 18.2 Å². The first-order chi connectivity index (χ1) is 8.08. The minimum absolute atomic E-state index is 0.0510. The zero-order chi connectivity index (χ0) is 12.4. The molecule has 17 heavy (non-hydrogen) atoms. The van der Waals surface area contributed by atoms with Gasteiger partial charge in [-0.2, -0.15) is 0 Å². The summed E-state index contributed by atoms with van der Waals surface area (Å²) in [4.78, 5) is 14.1. The fourth-order valence-electron chi connectivity index (χ4n) is 2.19. The molecule has 1 atom stereocenters. The monoisotopic (exact) mass is 271 g/mol. The number of nitrogens with zero attached hydrogens (tertiary/aromatic N) is 1. The second-order valence-electron chi connectivity index (χ2n) is 4.63. The minimum Gasteiger partial charge on any atom is -0.338 e. The maximum absolute atomic E-state index is 12.2. The van der Waals surface area contributed by atoms with Crippen LogP contribution >= 0.6 is 23.2 Å². The zero-order valence-corrected chi connectivity index (χ0v) is 11.3. The lowest BCUT2D eigenvalue weighted by Gasteiger charge is -2.31. The Morgan fingerprint density at radius 2 is 2.12 bits per heavy atom. The van der Waals surface area contributed by atoms with Crippen molar-refractivity contribution in [3.8, 4) is 0 Å². The van der Waals surface area contributed by atoms with Gasteiger partial charge in [-0.1, -0.05) is 30.1 Å². The second kappa shape index (κ2) is 5.28. The molecular formula is C13H15Cl2NO. The summed E-state index contributed by atoms with van der Waals surface area (Å²) in [5, 5.41) is 0.915. The maximum atomic E-state index is 12.2. The van der Waals surface area contributed by atoms with E-state index in [0.29, 0.717) is 21.5 Å². The van der Waals surface area contributed by atoms with E-state index in [2.05, 4.69) is 6.92 Å². The van der Waals surface area contributed by atoms with E-state index in [-0.39, 0.29) is 5.91 Å². The predicted molar refractivity (Wildman–Crippen MR) is 70.8 cm³/mol. The molecule has 0 N–H and O–H groups in total. The van der Waals surface area contributed by atoms with Gasteiger partial charge in [-0.3, -0.25) is 4.79 Å². The van der Waals surface area contributed by atoms with Crippen LogP contribution in [0.5, 0.6) is 0 Å². The molecule has 1 aromatic carbocycles. The van der Waals surface area contributed by atoms with Crippen LogP contribution in [0.4, 0.5) is 0 Å². The van der Waals surface area contributed by atoms with Gasteiger partial charge in [-0.05, 0) is 37.0 Å². The Morgan fingerprint density at radius 3 is 2.76 bits per heavy atom. The Bertz CT molecular complexity index is 433. The van der Waals surface area contributed by atoms with Crippen molar-refractivity contribution in [2.75, 3.05) is 13.1 Å². The summed E-state index contributed by atoms with van der Waals surface area (Å²) < 4.78 is 0. The number of hydrogen-bond donors (Lipinski definition) is 0. The Hall–Kier alpha value is -0.730. The highest BCUT2D eigenvalue weighted by molar-refractivity contribution is 6.42. The summed E-state index contributed by atoms with van der Waals surface area (Å²) in [6, 6.07) is 5.05. The lowest BCUT2D eigenvalue weighted by Crippen LogP contribution is -2.39. The number of hydrogen-bond acceptors (Lipinski definition) is 1. The molecule has 2 nitrogen and oxygen atoms in total. The maximum Gasteiger partial charge on any atom is 0.253 e. The van der Waals surface area contributed by atoms with Crippen LogP contribution in [0.3, 0.4) is 0 Å². The number of piperidine rings is 1. The average molecular weight is 272 g/mol. The minimum atomic E-state index is 0.0510. The van der Waals surface area contributed by atoms with Crippen molar-refractivity contribution in [2.45, 2.75) is 19.8 Å². The van der Waals surface area contributed by atoms with Crippen molar-refractivity contribution in [1.82, 2.24) is 4.90 Å². The summed E-state index contributed by atoms with van der Waals surface area (Å²) in [6.07, 6.45) is 2.28. The van der Waals surface area contributed by atoms with E-state index in [4.69, 9.17) is 23.2 Å². The van der Waals surface area contributed by atoms with E-state index in [1.807, 2.05) is 4.90 Å². The Kier molecular flexibility index (Phi) is 3.95. The lowest BCUT2D eigenvalue weighted by atomic mass is 9.99. The Morgan fingerprint density at radius 1 is 1.35 bits per heavy atom. The van der Waals surface area contributed by atoms with Gasteiger partial charge in [0.05, 0.1) is 10.0 Å². The number of carbonyl (C=O) groups excluding carboxylic acids is 1. The zero-order valence-electron chi connectivity index (χ0n) is 9.75. The van der Waals surface area contributed by atoms with Crippen LogP contribution in [-0.2, 0) is 0 Å². The lowest BCUT2D eigenvalue weighted by molar-refractivity contribution is 0.0683. The first kappa shape index (κ1) is 12.7. The molecule has 0 radical (unpaired) electrons. The van der Waals surface area contributed by atoms with Gasteiger partial charge in [0.1, 0.15) is 0 Å². The highest BCUT2D eigenvalue weighted by Crippen LogP contribution is 2.24. The second-order valence-corrected chi connectivity index (χ2v) is 5.44. The molecule has 0 bridgehead atoms. The number of carbonyl (C=O) groups is 1. The van der Waals surface area contributed by atoms with E-state index in [0.717, 1.165) is 19.5 Å². The van der Waals surface area contributed by atoms with Crippen LogP contribution < -0.4 is 0 Å². The van der Waals surface area contributed by atoms with E-state index >= 15 is 0 Å². The third-order valence-corrected chi connectivity index (χ3v) is 3.85. The molecule has 2 rings (SSSR count). The molecule has 1 aliphatic rings. The summed E-state index contributed by atoms with van der Waals surface area (Å²) in [5.41, 5.74) is 0.619. The number of halogens is 2. The van der Waals surface area contributed by atoms with E-state index in [1.165, 1.54) is 6.42 Å². The van der Waals surface area contributed by atoms with Crippen LogP contribution in [0.25, 0.3) is 0 Å². The molecule has 1 amide bonds. The molecule has 0 saturated carbocycles. The average Bonchev–Trinajstić information content (AvgIpc) is 2.32. The fourth-order valence-corrected chi connectivity index (χ4v) is 2.48. The first-order valence-corrected chi connectivity index (χ1v) is 6.58. The van der Waals surface area contributed by atoms with Crippen LogP contribution in [0, 0.1) is 5.92 Å². The predicted octanol–water partition coefficient (Wildman–Crippen LogP) is 3.87. The van der Waals surface area contributed by atoms with Crippen LogP contribution in [0.1, 0.15) is 30.1 Å². The number of rotatable bonds is 1. The van der Waals surface area contributed by atoms with Crippen LogP contribution in [0.15, 0.2) is 18.2 Å². The SMILES string of the molecule is C[C@H]1CCCN(C(=O)c2ccc(Cl)c(Cl)c2)C1. The summed E-state index contributed by atoms with van der Waals surface area (Å²) in [6.45, 7) is 3.84. The van der Waals surface area contributed by atoms with Gasteiger partial charge in [-0.25, -0.2) is 0 Å². The molecule has 0 spiro atoms. The molecule has 1 aliphatic heterocycles. The number of amides is 1. The van der Waals surface area contributed by atoms with Crippen molar-refractivity contribution in [3.05, 3.63) is 33.8 Å². The Labute approximate surface area is 112 Å². The quantitative estimate of drug-likeness (QED) is 0.760. The normalized spacial score (nSPS) is 20.4. The van der Waals surface area contributed by atoms with Crippen molar-refractivity contribution in [1.29, 1.82) is 0 Å². The standard InChI is InChI=1S/C13H15Cl2NO/c1-9-3-2-6-16(8-9)13(17)10-4-5-11(14)12(15)7-10/h4-5,7,9H,2-3,6,8H2,1H3/t9-/m0/s1. The van der Waals surface area contributed by atoms with Gasteiger partial charge < -0.3 is 4.90 Å². The molecule has 4 heteroatoms. The molecule has 0 unspecified atom stereocenters. The summed E-state index contributed by atoms with van der Waals surface area (Å²) >= 11 is 11.8. The third-order valence-electron chi connectivity index (χ3n) is 3.11. The highest BCUT2D eigenvalue weighted by atomic mass is 35.5. The van der Waals surface area contributed by atoms with E-state index < -0.39 is 0 Å². The molecular weight excluding hydrogens is 257 g/mol.